The second-order valence-corrected chi connectivity index (χ2v) is 8.80. The van der Waals surface area contributed by atoms with Gasteiger partial charge in [-0.3, -0.25) is 9.80 Å². The van der Waals surface area contributed by atoms with Crippen molar-refractivity contribution in [2.45, 2.75) is 65.2 Å². The highest BCUT2D eigenvalue weighted by Crippen LogP contribution is 2.17. The fourth-order valence-corrected chi connectivity index (χ4v) is 4.21. The molecule has 6 heteroatoms. The molecular weight excluding hydrogens is 372 g/mol. The molecule has 1 fully saturated rings. The second-order valence-electron chi connectivity index (χ2n) is 8.80. The van der Waals surface area contributed by atoms with Crippen LogP contribution in [0.15, 0.2) is 42.6 Å². The van der Waals surface area contributed by atoms with Gasteiger partial charge in [-0.15, -0.1) is 0 Å². The van der Waals surface area contributed by atoms with Crippen molar-refractivity contribution in [2.75, 3.05) is 36.8 Å². The Kier molecular flexibility index (Phi) is 8.46. The van der Waals surface area contributed by atoms with Crippen molar-refractivity contribution in [3.8, 4) is 0 Å². The van der Waals surface area contributed by atoms with Crippen molar-refractivity contribution in [3.05, 3.63) is 48.2 Å². The van der Waals surface area contributed by atoms with Gasteiger partial charge in [0.05, 0.1) is 0 Å². The van der Waals surface area contributed by atoms with E-state index in [2.05, 4.69) is 88.4 Å². The molecule has 1 saturated heterocycles. The Bertz CT molecular complexity index is 732. The van der Waals surface area contributed by atoms with E-state index in [9.17, 15) is 0 Å². The van der Waals surface area contributed by atoms with Crippen LogP contribution in [0.3, 0.4) is 0 Å². The number of likely N-dealkylation sites (tertiary alicyclic amines) is 1. The number of anilines is 2. The first-order valence-electron chi connectivity index (χ1n) is 11.4. The first-order valence-corrected chi connectivity index (χ1v) is 11.4. The highest BCUT2D eigenvalue weighted by atomic mass is 15.2. The van der Waals surface area contributed by atoms with E-state index in [1.165, 1.54) is 5.56 Å². The number of hydrogen-bond acceptors (Lipinski definition) is 6. The average molecular weight is 411 g/mol. The molecule has 0 aliphatic carbocycles. The van der Waals surface area contributed by atoms with E-state index in [1.54, 1.807) is 0 Å². The lowest BCUT2D eigenvalue weighted by Crippen LogP contribution is -2.40. The molecule has 1 aromatic heterocycles. The molecule has 2 heterocycles. The van der Waals surface area contributed by atoms with Crippen LogP contribution < -0.4 is 10.6 Å². The summed E-state index contributed by atoms with van der Waals surface area (Å²) in [6, 6.07) is 14.2. The normalized spacial score (nSPS) is 15.8. The van der Waals surface area contributed by atoms with E-state index >= 15 is 0 Å². The van der Waals surface area contributed by atoms with Crippen molar-refractivity contribution in [1.29, 1.82) is 0 Å². The molecule has 164 valence electrons. The monoisotopic (exact) mass is 410 g/mol. The summed E-state index contributed by atoms with van der Waals surface area (Å²) < 4.78 is 0. The van der Waals surface area contributed by atoms with Crippen LogP contribution in [-0.2, 0) is 6.54 Å². The predicted molar refractivity (Wildman–Crippen MR) is 126 cm³/mol. The minimum atomic E-state index is 0.435. The highest BCUT2D eigenvalue weighted by Gasteiger charge is 2.20. The van der Waals surface area contributed by atoms with Crippen molar-refractivity contribution < 1.29 is 0 Å². The molecule has 0 atom stereocenters. The minimum absolute atomic E-state index is 0.435. The number of piperidine rings is 1. The molecule has 2 N–H and O–H groups in total. The van der Waals surface area contributed by atoms with Gasteiger partial charge in [-0.05, 0) is 52.2 Å². The number of nitrogens with one attached hydrogen (secondary N) is 2. The molecule has 0 radical (unpaired) electrons. The molecule has 2 aromatic rings. The van der Waals surface area contributed by atoms with E-state index in [-0.39, 0.29) is 0 Å². The predicted octanol–water partition coefficient (Wildman–Crippen LogP) is 4.08. The van der Waals surface area contributed by atoms with Crippen molar-refractivity contribution in [1.82, 2.24) is 19.8 Å². The summed E-state index contributed by atoms with van der Waals surface area (Å²) in [5.41, 5.74) is 1.39. The summed E-state index contributed by atoms with van der Waals surface area (Å²) in [4.78, 5) is 14.1. The molecule has 0 amide bonds. The molecule has 6 nitrogen and oxygen atoms in total. The zero-order valence-electron chi connectivity index (χ0n) is 19.0. The summed E-state index contributed by atoms with van der Waals surface area (Å²) in [6.07, 6.45) is 4.07. The Hall–Kier alpha value is -2.18. The average Bonchev–Trinajstić information content (AvgIpc) is 2.73. The fourth-order valence-electron chi connectivity index (χ4n) is 4.21. The summed E-state index contributed by atoms with van der Waals surface area (Å²) in [5.74, 6) is 1.62. The molecule has 0 saturated carbocycles. The van der Waals surface area contributed by atoms with Crippen molar-refractivity contribution in [2.24, 2.45) is 0 Å². The summed E-state index contributed by atoms with van der Waals surface area (Å²) in [7, 11) is 0. The van der Waals surface area contributed by atoms with Gasteiger partial charge >= 0.3 is 0 Å². The number of rotatable bonds is 10. The maximum atomic E-state index is 4.67. The number of benzene rings is 1. The maximum Gasteiger partial charge on any atom is 0.224 e. The summed E-state index contributed by atoms with van der Waals surface area (Å²) >= 11 is 0. The molecule has 3 rings (SSSR count). The Morgan fingerprint density at radius 3 is 2.40 bits per heavy atom. The summed E-state index contributed by atoms with van der Waals surface area (Å²) in [6.45, 7) is 14.1. The van der Waals surface area contributed by atoms with Gasteiger partial charge in [-0.1, -0.05) is 30.3 Å². The van der Waals surface area contributed by atoms with Gasteiger partial charge in [0.2, 0.25) is 5.95 Å². The van der Waals surface area contributed by atoms with Gasteiger partial charge in [-0.25, -0.2) is 4.98 Å². The van der Waals surface area contributed by atoms with Gasteiger partial charge in [0.15, 0.2) is 0 Å². The Morgan fingerprint density at radius 2 is 1.73 bits per heavy atom. The largest absolute Gasteiger partial charge is 0.369 e. The van der Waals surface area contributed by atoms with Crippen LogP contribution in [0, 0.1) is 0 Å². The third-order valence-corrected chi connectivity index (χ3v) is 5.83. The van der Waals surface area contributed by atoms with E-state index in [1.807, 2.05) is 12.3 Å². The SMILES string of the molecule is CC(C)N(CCNc1ccnc(NC2CCN(Cc3ccccc3)CC2)n1)C(C)C. The quantitative estimate of drug-likeness (QED) is 0.615. The van der Waals surface area contributed by atoms with Gasteiger partial charge in [0.1, 0.15) is 5.82 Å². The van der Waals surface area contributed by atoms with Gasteiger partial charge in [0, 0.05) is 57.0 Å². The zero-order chi connectivity index (χ0) is 21.3. The lowest BCUT2D eigenvalue weighted by Gasteiger charge is -2.32. The maximum absolute atomic E-state index is 4.67. The van der Waals surface area contributed by atoms with Crippen LogP contribution in [0.25, 0.3) is 0 Å². The van der Waals surface area contributed by atoms with Crippen molar-refractivity contribution >= 4 is 11.8 Å². The van der Waals surface area contributed by atoms with Gasteiger partial charge < -0.3 is 10.6 Å². The van der Waals surface area contributed by atoms with Crippen LogP contribution in [0.1, 0.15) is 46.1 Å². The molecule has 1 aliphatic heterocycles. The number of aromatic nitrogens is 2. The van der Waals surface area contributed by atoms with E-state index in [4.69, 9.17) is 0 Å². The lowest BCUT2D eigenvalue weighted by molar-refractivity contribution is 0.182. The van der Waals surface area contributed by atoms with Crippen LogP contribution in [0.4, 0.5) is 11.8 Å². The fraction of sp³-hybridized carbons (Fsp3) is 0.583. The van der Waals surface area contributed by atoms with Gasteiger partial charge in [0.25, 0.3) is 0 Å². The Balaban J connectivity index is 1.43. The van der Waals surface area contributed by atoms with E-state index < -0.39 is 0 Å². The van der Waals surface area contributed by atoms with E-state index in [0.29, 0.717) is 18.1 Å². The highest BCUT2D eigenvalue weighted by molar-refractivity contribution is 5.40. The zero-order valence-corrected chi connectivity index (χ0v) is 19.0. The molecular formula is C24H38N6. The van der Waals surface area contributed by atoms with Gasteiger partial charge in [-0.2, -0.15) is 4.98 Å². The van der Waals surface area contributed by atoms with Crippen LogP contribution in [-0.4, -0.2) is 64.1 Å². The Labute approximate surface area is 182 Å². The molecule has 0 unspecified atom stereocenters. The van der Waals surface area contributed by atoms with E-state index in [0.717, 1.165) is 57.3 Å². The molecule has 0 spiro atoms. The van der Waals surface area contributed by atoms with Crippen LogP contribution >= 0.6 is 0 Å². The molecule has 0 bridgehead atoms. The smallest absolute Gasteiger partial charge is 0.224 e. The summed E-state index contributed by atoms with van der Waals surface area (Å²) in [5, 5.41) is 7.00. The standard InChI is InChI=1S/C24H38N6/c1-19(2)30(20(3)4)17-14-25-23-10-13-26-24(28-23)27-22-11-15-29(16-12-22)18-21-8-6-5-7-9-21/h5-10,13,19-20,22H,11-12,14-18H2,1-4H3,(H2,25,26,27,28). The third-order valence-electron chi connectivity index (χ3n) is 5.83. The lowest BCUT2D eigenvalue weighted by atomic mass is 10.0. The number of nitrogens with zero attached hydrogens (tertiary/aromatic N) is 4. The molecule has 1 aromatic carbocycles. The number of hydrogen-bond donors (Lipinski definition) is 2. The third kappa shape index (κ3) is 6.96. The van der Waals surface area contributed by atoms with Crippen LogP contribution in [0.5, 0.6) is 0 Å². The molecule has 30 heavy (non-hydrogen) atoms. The second kappa shape index (κ2) is 11.3. The van der Waals surface area contributed by atoms with Crippen LogP contribution in [0.2, 0.25) is 0 Å². The topological polar surface area (TPSA) is 56.3 Å². The van der Waals surface area contributed by atoms with Crippen molar-refractivity contribution in [3.63, 3.8) is 0 Å². The minimum Gasteiger partial charge on any atom is -0.369 e. The first-order chi connectivity index (χ1) is 14.5. The Morgan fingerprint density at radius 1 is 1.03 bits per heavy atom. The first kappa shape index (κ1) is 22.5. The molecule has 1 aliphatic rings.